The molecule has 2 heterocycles. The zero-order valence-electron chi connectivity index (χ0n) is 12.7. The third kappa shape index (κ3) is 4.16. The van der Waals surface area contributed by atoms with E-state index in [1.54, 1.807) is 29.2 Å². The van der Waals surface area contributed by atoms with Crippen LogP contribution in [0.15, 0.2) is 24.3 Å². The summed E-state index contributed by atoms with van der Waals surface area (Å²) < 4.78 is 23.1. The second-order valence-electron chi connectivity index (χ2n) is 6.02. The molecule has 23 heavy (non-hydrogen) atoms. The quantitative estimate of drug-likeness (QED) is 0.874. The van der Waals surface area contributed by atoms with Crippen LogP contribution in [0.25, 0.3) is 0 Å². The normalized spacial score (nSPS) is 24.6. The number of hydrogen-bond acceptors (Lipinski definition) is 4. The molecule has 2 aliphatic heterocycles. The lowest BCUT2D eigenvalue weighted by atomic mass is 10.2. The Hall–Kier alpha value is -1.31. The zero-order chi connectivity index (χ0) is 16.4. The van der Waals surface area contributed by atoms with Crippen LogP contribution >= 0.6 is 11.6 Å². The topological polar surface area (TPSA) is 69.7 Å². The molecule has 0 bridgehead atoms. The monoisotopic (exact) mass is 357 g/mol. The van der Waals surface area contributed by atoms with Gasteiger partial charge in [-0.15, -0.1) is 0 Å². The van der Waals surface area contributed by atoms with E-state index < -0.39 is 9.84 Å². The number of sulfone groups is 1. The van der Waals surface area contributed by atoms with Gasteiger partial charge in [0.25, 0.3) is 0 Å². The van der Waals surface area contributed by atoms with Crippen LogP contribution in [0.5, 0.6) is 0 Å². The van der Waals surface area contributed by atoms with E-state index in [1.165, 1.54) is 0 Å². The summed E-state index contributed by atoms with van der Waals surface area (Å²) in [5.41, 5.74) is 0.673. The summed E-state index contributed by atoms with van der Waals surface area (Å²) in [4.78, 5) is 16.2. The van der Waals surface area contributed by atoms with Gasteiger partial charge in [-0.05, 0) is 24.6 Å². The van der Waals surface area contributed by atoms with Crippen LogP contribution in [-0.4, -0.2) is 68.0 Å². The molecule has 2 fully saturated rings. The lowest BCUT2D eigenvalue weighted by Gasteiger charge is -2.37. The van der Waals surface area contributed by atoms with Crippen molar-refractivity contribution in [2.24, 2.45) is 0 Å². The van der Waals surface area contributed by atoms with Crippen molar-refractivity contribution in [1.82, 2.24) is 9.80 Å². The van der Waals surface area contributed by atoms with Crippen molar-refractivity contribution in [1.29, 1.82) is 0 Å². The molecule has 0 radical (unpaired) electrons. The summed E-state index contributed by atoms with van der Waals surface area (Å²) in [6, 6.07) is 7.01. The molecular formula is C15H20ClN3O3S. The molecule has 2 saturated heterocycles. The number of urea groups is 1. The minimum absolute atomic E-state index is 0.109. The smallest absolute Gasteiger partial charge is 0.321 e. The summed E-state index contributed by atoms with van der Waals surface area (Å²) in [5.74, 6) is 0.537. The number of rotatable bonds is 2. The maximum Gasteiger partial charge on any atom is 0.321 e. The highest BCUT2D eigenvalue weighted by Gasteiger charge is 2.34. The predicted molar refractivity (Wildman–Crippen MR) is 90.7 cm³/mol. The van der Waals surface area contributed by atoms with E-state index in [-0.39, 0.29) is 23.6 Å². The number of anilines is 1. The Morgan fingerprint density at radius 1 is 1.22 bits per heavy atom. The van der Waals surface area contributed by atoms with Gasteiger partial charge in [0.05, 0.1) is 11.5 Å². The molecule has 2 aliphatic rings. The van der Waals surface area contributed by atoms with E-state index in [2.05, 4.69) is 10.2 Å². The van der Waals surface area contributed by atoms with Crippen molar-refractivity contribution in [3.63, 3.8) is 0 Å². The molecule has 126 valence electrons. The van der Waals surface area contributed by atoms with E-state index in [0.717, 1.165) is 0 Å². The van der Waals surface area contributed by atoms with E-state index in [9.17, 15) is 13.2 Å². The molecule has 1 aromatic carbocycles. The Labute approximate surface area is 141 Å². The Morgan fingerprint density at radius 2 is 1.96 bits per heavy atom. The lowest BCUT2D eigenvalue weighted by Crippen LogP contribution is -2.53. The van der Waals surface area contributed by atoms with Gasteiger partial charge < -0.3 is 10.2 Å². The summed E-state index contributed by atoms with van der Waals surface area (Å²) >= 11 is 5.91. The summed E-state index contributed by atoms with van der Waals surface area (Å²) in [5, 5.41) is 3.42. The number of halogens is 1. The third-order valence-corrected chi connectivity index (χ3v) is 6.39. The molecule has 3 rings (SSSR count). The van der Waals surface area contributed by atoms with Crippen molar-refractivity contribution in [3.05, 3.63) is 29.3 Å². The van der Waals surface area contributed by atoms with Crippen LogP contribution in [0.4, 0.5) is 10.5 Å². The third-order valence-electron chi connectivity index (χ3n) is 4.40. The first-order valence-electron chi connectivity index (χ1n) is 7.69. The molecule has 0 aromatic heterocycles. The van der Waals surface area contributed by atoms with Gasteiger partial charge in [0.15, 0.2) is 9.84 Å². The van der Waals surface area contributed by atoms with Gasteiger partial charge >= 0.3 is 6.03 Å². The first-order chi connectivity index (χ1) is 10.9. The number of piperazine rings is 1. The Bertz CT molecular complexity index is 687. The SMILES string of the molecule is O=C(Nc1cccc(Cl)c1)N1CCN(C2CCS(=O)(=O)C2)CC1. The van der Waals surface area contributed by atoms with Gasteiger partial charge in [-0.1, -0.05) is 17.7 Å². The maximum atomic E-state index is 12.3. The summed E-state index contributed by atoms with van der Waals surface area (Å²) in [7, 11) is -2.87. The second kappa shape index (κ2) is 6.67. The van der Waals surface area contributed by atoms with Gasteiger partial charge in [0.2, 0.25) is 0 Å². The van der Waals surface area contributed by atoms with E-state index in [4.69, 9.17) is 11.6 Å². The number of amides is 2. The van der Waals surface area contributed by atoms with Crippen LogP contribution in [0.1, 0.15) is 6.42 Å². The van der Waals surface area contributed by atoms with Crippen LogP contribution in [0.2, 0.25) is 5.02 Å². The molecule has 8 heteroatoms. The number of nitrogens with zero attached hydrogens (tertiary/aromatic N) is 2. The highest BCUT2D eigenvalue weighted by molar-refractivity contribution is 7.91. The fourth-order valence-corrected chi connectivity index (χ4v) is 5.07. The van der Waals surface area contributed by atoms with Gasteiger partial charge in [-0.2, -0.15) is 0 Å². The lowest BCUT2D eigenvalue weighted by molar-refractivity contribution is 0.121. The second-order valence-corrected chi connectivity index (χ2v) is 8.69. The van der Waals surface area contributed by atoms with Crippen LogP contribution < -0.4 is 5.32 Å². The molecule has 1 unspecified atom stereocenters. The number of carbonyl (C=O) groups excluding carboxylic acids is 1. The molecule has 1 N–H and O–H groups in total. The molecule has 2 amide bonds. The molecule has 6 nitrogen and oxygen atoms in total. The number of benzene rings is 1. The Kier molecular flexibility index (Phi) is 4.79. The van der Waals surface area contributed by atoms with Gasteiger partial charge in [-0.25, -0.2) is 13.2 Å². The highest BCUT2D eigenvalue weighted by Crippen LogP contribution is 2.20. The van der Waals surface area contributed by atoms with Crippen LogP contribution in [0, 0.1) is 0 Å². The average molecular weight is 358 g/mol. The van der Waals surface area contributed by atoms with Crippen molar-refractivity contribution < 1.29 is 13.2 Å². The van der Waals surface area contributed by atoms with Crippen molar-refractivity contribution in [2.75, 3.05) is 43.0 Å². The van der Waals surface area contributed by atoms with Gasteiger partial charge in [0.1, 0.15) is 0 Å². The number of hydrogen-bond donors (Lipinski definition) is 1. The van der Waals surface area contributed by atoms with Gasteiger partial charge in [0, 0.05) is 42.9 Å². The van der Waals surface area contributed by atoms with Crippen molar-refractivity contribution in [2.45, 2.75) is 12.5 Å². The Morgan fingerprint density at radius 3 is 2.57 bits per heavy atom. The summed E-state index contributed by atoms with van der Waals surface area (Å²) in [6.07, 6.45) is 0.705. The average Bonchev–Trinajstić information content (AvgIpc) is 2.87. The fourth-order valence-electron chi connectivity index (χ4n) is 3.12. The van der Waals surface area contributed by atoms with Crippen LogP contribution in [-0.2, 0) is 9.84 Å². The number of nitrogens with one attached hydrogen (secondary N) is 1. The first-order valence-corrected chi connectivity index (χ1v) is 9.89. The molecule has 0 aliphatic carbocycles. The number of carbonyl (C=O) groups is 1. The highest BCUT2D eigenvalue weighted by atomic mass is 35.5. The van der Waals surface area contributed by atoms with Gasteiger partial charge in [-0.3, -0.25) is 4.90 Å². The molecule has 1 atom stereocenters. The first kappa shape index (κ1) is 16.5. The molecular weight excluding hydrogens is 338 g/mol. The predicted octanol–water partition coefficient (Wildman–Crippen LogP) is 1.68. The molecule has 0 spiro atoms. The fraction of sp³-hybridized carbons (Fsp3) is 0.533. The van der Waals surface area contributed by atoms with E-state index in [1.807, 2.05) is 0 Å². The molecule has 0 saturated carbocycles. The van der Waals surface area contributed by atoms with E-state index in [0.29, 0.717) is 43.3 Å². The summed E-state index contributed by atoms with van der Waals surface area (Å²) in [6.45, 7) is 2.62. The largest absolute Gasteiger partial charge is 0.322 e. The van der Waals surface area contributed by atoms with Crippen molar-refractivity contribution >= 4 is 33.2 Å². The maximum absolute atomic E-state index is 12.3. The zero-order valence-corrected chi connectivity index (χ0v) is 14.3. The minimum Gasteiger partial charge on any atom is -0.322 e. The van der Waals surface area contributed by atoms with Crippen LogP contribution in [0.3, 0.4) is 0 Å². The standard InChI is InChI=1S/C15H20ClN3O3S/c16-12-2-1-3-13(10-12)17-15(20)19-7-5-18(6-8-19)14-4-9-23(21,22)11-14/h1-3,10,14H,4-9,11H2,(H,17,20). The van der Waals surface area contributed by atoms with Crippen molar-refractivity contribution in [3.8, 4) is 0 Å². The Balaban J connectivity index is 1.51. The molecule has 1 aromatic rings. The van der Waals surface area contributed by atoms with E-state index >= 15 is 0 Å². The minimum atomic E-state index is -2.87.